The highest BCUT2D eigenvalue weighted by Gasteiger charge is 2.24. The molecule has 1 amide bonds. The molecule has 0 saturated carbocycles. The summed E-state index contributed by atoms with van der Waals surface area (Å²) in [4.78, 5) is 27.6. The van der Waals surface area contributed by atoms with Gasteiger partial charge in [0.15, 0.2) is 4.83 Å². The molecule has 0 bridgehead atoms. The van der Waals surface area contributed by atoms with Gasteiger partial charge < -0.3 is 5.32 Å². The number of nitrogens with one attached hydrogen (secondary N) is 1. The lowest BCUT2D eigenvalue weighted by Crippen LogP contribution is -2.30. The molecule has 29 heavy (non-hydrogen) atoms. The summed E-state index contributed by atoms with van der Waals surface area (Å²) in [6.45, 7) is 2.07. The van der Waals surface area contributed by atoms with Crippen LogP contribution in [0.15, 0.2) is 47.3 Å². The monoisotopic (exact) mass is 404 g/mol. The Morgan fingerprint density at radius 3 is 2.97 bits per heavy atom. The molecule has 1 unspecified atom stereocenters. The summed E-state index contributed by atoms with van der Waals surface area (Å²) in [5, 5.41) is 13.8. The fourth-order valence-electron chi connectivity index (χ4n) is 4.06. The van der Waals surface area contributed by atoms with Gasteiger partial charge in [0.25, 0.3) is 5.56 Å². The predicted molar refractivity (Wildman–Crippen MR) is 115 cm³/mol. The molecule has 1 atom stereocenters. The Kier molecular flexibility index (Phi) is 4.39. The van der Waals surface area contributed by atoms with Gasteiger partial charge in [0.1, 0.15) is 6.54 Å². The van der Waals surface area contributed by atoms with Crippen molar-refractivity contribution in [2.75, 3.05) is 5.32 Å². The normalized spacial score (nSPS) is 16.1. The van der Waals surface area contributed by atoms with Crippen LogP contribution in [0, 0.1) is 5.92 Å². The lowest BCUT2D eigenvalue weighted by molar-refractivity contribution is -0.117. The zero-order valence-corrected chi connectivity index (χ0v) is 16.8. The number of carbonyl (C=O) groups excluding carboxylic acids is 1. The summed E-state index contributed by atoms with van der Waals surface area (Å²) >= 11 is 1.56. The first-order valence-electron chi connectivity index (χ1n) is 9.76. The first-order valence-corrected chi connectivity index (χ1v) is 10.6. The Bertz CT molecular complexity index is 1300. The number of aromatic nitrogens is 3. The number of fused-ring (bicyclic) bond motifs is 4. The minimum Gasteiger partial charge on any atom is -0.324 e. The van der Waals surface area contributed by atoms with E-state index in [1.54, 1.807) is 11.3 Å². The number of nitrogens with zero attached hydrogens (tertiary/aromatic N) is 3. The van der Waals surface area contributed by atoms with Crippen molar-refractivity contribution < 1.29 is 4.79 Å². The smallest absolute Gasteiger partial charge is 0.279 e. The van der Waals surface area contributed by atoms with E-state index in [1.807, 2.05) is 42.5 Å². The molecule has 0 radical (unpaired) electrons. The topological polar surface area (TPSA) is 76.9 Å². The molecule has 1 aliphatic rings. The van der Waals surface area contributed by atoms with Crippen LogP contribution in [-0.2, 0) is 24.2 Å². The molecule has 2 heterocycles. The van der Waals surface area contributed by atoms with Crippen LogP contribution < -0.4 is 10.9 Å². The van der Waals surface area contributed by atoms with E-state index in [0.29, 0.717) is 16.1 Å². The number of thiophene rings is 1. The Morgan fingerprint density at radius 2 is 2.07 bits per heavy atom. The summed E-state index contributed by atoms with van der Waals surface area (Å²) in [5.41, 5.74) is 1.60. The first-order chi connectivity index (χ1) is 14.1. The average Bonchev–Trinajstić information content (AvgIpc) is 3.08. The second-order valence-electron chi connectivity index (χ2n) is 7.66. The molecule has 0 fully saturated rings. The highest BCUT2D eigenvalue weighted by Crippen LogP contribution is 2.35. The molecular formula is C22H20N4O2S. The maximum atomic E-state index is 13.0. The molecule has 7 heteroatoms. The molecule has 4 aromatic rings. The van der Waals surface area contributed by atoms with Crippen molar-refractivity contribution in [3.8, 4) is 0 Å². The van der Waals surface area contributed by atoms with Crippen molar-refractivity contribution in [2.24, 2.45) is 5.92 Å². The van der Waals surface area contributed by atoms with E-state index in [2.05, 4.69) is 22.6 Å². The van der Waals surface area contributed by atoms with E-state index >= 15 is 0 Å². The van der Waals surface area contributed by atoms with Crippen molar-refractivity contribution >= 4 is 43.9 Å². The lowest BCUT2D eigenvalue weighted by Gasteiger charge is -2.17. The second-order valence-corrected chi connectivity index (χ2v) is 8.74. The van der Waals surface area contributed by atoms with Crippen LogP contribution in [0.3, 0.4) is 0 Å². The van der Waals surface area contributed by atoms with E-state index < -0.39 is 0 Å². The van der Waals surface area contributed by atoms with Gasteiger partial charge in [-0.1, -0.05) is 48.5 Å². The maximum absolute atomic E-state index is 13.0. The van der Waals surface area contributed by atoms with Gasteiger partial charge >= 0.3 is 0 Å². The van der Waals surface area contributed by atoms with Gasteiger partial charge in [-0.15, -0.1) is 16.4 Å². The maximum Gasteiger partial charge on any atom is 0.279 e. The number of carbonyl (C=O) groups is 1. The van der Waals surface area contributed by atoms with Gasteiger partial charge in [0, 0.05) is 16.0 Å². The van der Waals surface area contributed by atoms with E-state index in [-0.39, 0.29) is 18.0 Å². The van der Waals surface area contributed by atoms with Gasteiger partial charge in [-0.2, -0.15) is 0 Å². The van der Waals surface area contributed by atoms with Crippen LogP contribution in [0.5, 0.6) is 0 Å². The molecule has 0 saturated heterocycles. The van der Waals surface area contributed by atoms with E-state index in [9.17, 15) is 9.59 Å². The number of rotatable bonds is 3. The van der Waals surface area contributed by atoms with Gasteiger partial charge in [-0.05, 0) is 42.2 Å². The van der Waals surface area contributed by atoms with Crippen LogP contribution in [0.25, 0.3) is 21.0 Å². The number of hydrogen-bond donors (Lipinski definition) is 1. The third-order valence-electron chi connectivity index (χ3n) is 5.54. The Hall–Kier alpha value is -3.06. The minimum atomic E-state index is -0.296. The zero-order chi connectivity index (χ0) is 20.0. The molecule has 2 aromatic carbocycles. The molecule has 0 aliphatic heterocycles. The summed E-state index contributed by atoms with van der Waals surface area (Å²) in [6.07, 6.45) is 2.94. The van der Waals surface area contributed by atoms with Gasteiger partial charge in [0.05, 0.1) is 5.39 Å². The van der Waals surface area contributed by atoms with E-state index in [1.165, 1.54) is 9.56 Å². The fourth-order valence-corrected chi connectivity index (χ4v) is 5.37. The average molecular weight is 404 g/mol. The molecule has 2 aromatic heterocycles. The number of aryl methyl sites for hydroxylation is 1. The summed E-state index contributed by atoms with van der Waals surface area (Å²) in [5.74, 6) is 0.326. The Labute approximate surface area is 171 Å². The van der Waals surface area contributed by atoms with Crippen LogP contribution >= 0.6 is 11.3 Å². The largest absolute Gasteiger partial charge is 0.324 e. The van der Waals surface area contributed by atoms with Crippen LogP contribution in [0.2, 0.25) is 0 Å². The van der Waals surface area contributed by atoms with Crippen LogP contribution in [-0.4, -0.2) is 20.9 Å². The fraction of sp³-hybridized carbons (Fsp3) is 0.273. The molecule has 146 valence electrons. The van der Waals surface area contributed by atoms with E-state index in [0.717, 1.165) is 41.3 Å². The molecule has 0 spiro atoms. The summed E-state index contributed by atoms with van der Waals surface area (Å²) < 4.78 is 1.17. The zero-order valence-electron chi connectivity index (χ0n) is 16.0. The third-order valence-corrected chi connectivity index (χ3v) is 6.68. The summed E-state index contributed by atoms with van der Waals surface area (Å²) in [6, 6.07) is 13.6. The number of hydrogen-bond acceptors (Lipinski definition) is 5. The van der Waals surface area contributed by atoms with Crippen molar-refractivity contribution in [2.45, 2.75) is 32.7 Å². The highest BCUT2D eigenvalue weighted by atomic mass is 32.1. The van der Waals surface area contributed by atoms with Crippen LogP contribution in [0.4, 0.5) is 5.69 Å². The molecule has 1 aliphatic carbocycles. The lowest BCUT2D eigenvalue weighted by atomic mass is 9.89. The summed E-state index contributed by atoms with van der Waals surface area (Å²) in [7, 11) is 0. The number of anilines is 1. The molecular weight excluding hydrogens is 384 g/mol. The number of amides is 1. The van der Waals surface area contributed by atoms with Gasteiger partial charge in [-0.25, -0.2) is 4.68 Å². The van der Waals surface area contributed by atoms with Gasteiger partial charge in [-0.3, -0.25) is 9.59 Å². The quantitative estimate of drug-likeness (QED) is 0.564. The third kappa shape index (κ3) is 3.21. The van der Waals surface area contributed by atoms with Crippen molar-refractivity contribution in [1.29, 1.82) is 0 Å². The molecule has 6 nitrogen and oxygen atoms in total. The highest BCUT2D eigenvalue weighted by molar-refractivity contribution is 7.18. The Balaban J connectivity index is 1.45. The van der Waals surface area contributed by atoms with Crippen LogP contribution in [0.1, 0.15) is 23.8 Å². The van der Waals surface area contributed by atoms with Gasteiger partial charge in [0.2, 0.25) is 5.91 Å². The molecule has 5 rings (SSSR count). The number of benzene rings is 2. The van der Waals surface area contributed by atoms with Crippen molar-refractivity contribution in [1.82, 2.24) is 15.0 Å². The SMILES string of the molecule is CC1CCc2c(sc3nnn(CC(=O)Nc4cccc5ccccc45)c(=O)c23)C1. The van der Waals surface area contributed by atoms with Crippen molar-refractivity contribution in [3.05, 3.63) is 63.3 Å². The first kappa shape index (κ1) is 18.0. The van der Waals surface area contributed by atoms with Crippen molar-refractivity contribution in [3.63, 3.8) is 0 Å². The predicted octanol–water partition coefficient (Wildman–Crippen LogP) is 3.77. The Morgan fingerprint density at radius 1 is 1.24 bits per heavy atom. The van der Waals surface area contributed by atoms with E-state index in [4.69, 9.17) is 0 Å². The second kappa shape index (κ2) is 7.08. The standard InChI is InChI=1S/C22H20N4O2S/c1-13-9-10-16-18(11-13)29-21-20(16)22(28)26(25-24-21)12-19(27)23-17-8-4-6-14-5-2-3-7-15(14)17/h2-8,13H,9-12H2,1H3,(H,23,27). The minimum absolute atomic E-state index is 0.161. The molecule has 1 N–H and O–H groups in total.